The highest BCUT2D eigenvalue weighted by atomic mass is 19.3. The van der Waals surface area contributed by atoms with E-state index in [2.05, 4.69) is 21.6 Å². The Balaban J connectivity index is 1.25. The molecule has 2 aliphatic carbocycles. The molecule has 4 aliphatic rings. The zero-order valence-electron chi connectivity index (χ0n) is 19.3. The lowest BCUT2D eigenvalue weighted by atomic mass is 10.0. The third kappa shape index (κ3) is 4.01. The number of hydrogen-bond donors (Lipinski definition) is 2. The molecule has 2 saturated heterocycles. The molecule has 2 aromatic heterocycles. The molecule has 0 radical (unpaired) electrons. The van der Waals surface area contributed by atoms with Crippen molar-refractivity contribution in [2.75, 3.05) is 29.9 Å². The number of nitrogens with zero attached hydrogens (tertiary/aromatic N) is 5. The van der Waals surface area contributed by atoms with Crippen LogP contribution in [0.3, 0.4) is 0 Å². The summed E-state index contributed by atoms with van der Waals surface area (Å²) in [7, 11) is 0. The van der Waals surface area contributed by atoms with Gasteiger partial charge in [-0.1, -0.05) is 12.8 Å². The molecule has 34 heavy (non-hydrogen) atoms. The van der Waals surface area contributed by atoms with Crippen LogP contribution in [0.15, 0.2) is 6.07 Å². The molecule has 10 heteroatoms. The maximum atomic E-state index is 13.7. The van der Waals surface area contributed by atoms with Crippen LogP contribution >= 0.6 is 0 Å². The van der Waals surface area contributed by atoms with Crippen LogP contribution in [0.5, 0.6) is 0 Å². The van der Waals surface area contributed by atoms with Crippen molar-refractivity contribution >= 4 is 23.5 Å². The van der Waals surface area contributed by atoms with Crippen molar-refractivity contribution in [2.45, 2.75) is 82.1 Å². The summed E-state index contributed by atoms with van der Waals surface area (Å²) in [6.45, 7) is 0.264. The van der Waals surface area contributed by atoms with Gasteiger partial charge in [-0.3, -0.25) is 9.89 Å². The van der Waals surface area contributed by atoms with E-state index in [1.807, 2.05) is 4.90 Å². The van der Waals surface area contributed by atoms with E-state index in [4.69, 9.17) is 9.97 Å². The molecule has 8 nitrogen and oxygen atoms in total. The van der Waals surface area contributed by atoms with Crippen molar-refractivity contribution in [3.63, 3.8) is 0 Å². The number of carbonyl (C=O) groups is 1. The molecule has 1 unspecified atom stereocenters. The van der Waals surface area contributed by atoms with Crippen molar-refractivity contribution in [3.8, 4) is 0 Å². The minimum Gasteiger partial charge on any atom is -0.335 e. The minimum atomic E-state index is -2.79. The van der Waals surface area contributed by atoms with E-state index in [9.17, 15) is 13.6 Å². The second-order valence-corrected chi connectivity index (χ2v) is 10.2. The van der Waals surface area contributed by atoms with E-state index < -0.39 is 18.5 Å². The molecule has 182 valence electrons. The number of carbonyl (C=O) groups excluding carboxylic acids is 1. The Kier molecular flexibility index (Phi) is 5.41. The number of aromatic nitrogens is 4. The third-order valence-electron chi connectivity index (χ3n) is 7.84. The fourth-order valence-corrected chi connectivity index (χ4v) is 6.02. The zero-order valence-corrected chi connectivity index (χ0v) is 19.3. The highest BCUT2D eigenvalue weighted by molar-refractivity contribution is 5.86. The predicted molar refractivity (Wildman–Crippen MR) is 124 cm³/mol. The first kappa shape index (κ1) is 21.7. The van der Waals surface area contributed by atoms with Gasteiger partial charge in [0.25, 0.3) is 5.92 Å². The standard InChI is InChI=1S/C24H31F2N7O/c25-24(26)10-12-32(14-24)22(34)19-9-4-11-33(19)23-27-17-8-3-7-16(17)21(29-23)28-20-13-18(30-31-20)15-5-1-2-6-15/h13,15,19H,1-12,14H2,(H2,27,28,29,30,31). The second kappa shape index (κ2) is 8.46. The SMILES string of the molecule is O=C(C1CCCN1c1nc2c(c(Nc3cc(C4CCCC4)[nH]n3)n1)CCC2)N1CCC(F)(F)C1. The average Bonchev–Trinajstić information content (AvgIpc) is 3.63. The molecule has 0 aromatic carbocycles. The molecule has 0 spiro atoms. The first-order chi connectivity index (χ1) is 16.5. The lowest BCUT2D eigenvalue weighted by molar-refractivity contribution is -0.132. The molecule has 2 N–H and O–H groups in total. The van der Waals surface area contributed by atoms with Crippen LogP contribution in [0, 0.1) is 0 Å². The smallest absolute Gasteiger partial charge is 0.267 e. The largest absolute Gasteiger partial charge is 0.335 e. The molecule has 4 heterocycles. The van der Waals surface area contributed by atoms with Crippen LogP contribution in [-0.4, -0.2) is 62.6 Å². The summed E-state index contributed by atoms with van der Waals surface area (Å²) in [6.07, 6.45) is 8.90. The van der Waals surface area contributed by atoms with Crippen LogP contribution < -0.4 is 10.2 Å². The van der Waals surface area contributed by atoms with Crippen LogP contribution in [-0.2, 0) is 17.6 Å². The maximum absolute atomic E-state index is 13.7. The van der Waals surface area contributed by atoms with Gasteiger partial charge in [0.15, 0.2) is 5.82 Å². The maximum Gasteiger partial charge on any atom is 0.267 e. The van der Waals surface area contributed by atoms with Gasteiger partial charge in [0.2, 0.25) is 11.9 Å². The van der Waals surface area contributed by atoms with Gasteiger partial charge in [-0.05, 0) is 44.9 Å². The molecule has 0 bridgehead atoms. The predicted octanol–water partition coefficient (Wildman–Crippen LogP) is 3.93. The number of fused-ring (bicyclic) bond motifs is 1. The highest BCUT2D eigenvalue weighted by Gasteiger charge is 2.44. The Labute approximate surface area is 197 Å². The van der Waals surface area contributed by atoms with Gasteiger partial charge in [-0.25, -0.2) is 13.8 Å². The first-order valence-electron chi connectivity index (χ1n) is 12.6. The molecular weight excluding hydrogens is 440 g/mol. The van der Waals surface area contributed by atoms with E-state index in [0.29, 0.717) is 24.8 Å². The average molecular weight is 472 g/mol. The van der Waals surface area contributed by atoms with Gasteiger partial charge in [0, 0.05) is 42.8 Å². The van der Waals surface area contributed by atoms with Crippen molar-refractivity contribution in [1.82, 2.24) is 25.1 Å². The summed E-state index contributed by atoms with van der Waals surface area (Å²) in [5.74, 6) is -0.481. The molecule has 1 saturated carbocycles. The first-order valence-corrected chi connectivity index (χ1v) is 12.6. The third-order valence-corrected chi connectivity index (χ3v) is 7.84. The van der Waals surface area contributed by atoms with E-state index in [-0.39, 0.29) is 18.9 Å². The number of amides is 1. The van der Waals surface area contributed by atoms with E-state index in [0.717, 1.165) is 48.6 Å². The number of aromatic amines is 1. The molecule has 2 aromatic rings. The normalized spacial score (nSPS) is 24.2. The van der Waals surface area contributed by atoms with Crippen molar-refractivity contribution < 1.29 is 13.6 Å². The van der Waals surface area contributed by atoms with E-state index in [1.165, 1.54) is 36.3 Å². The molecular formula is C24H31F2N7O. The number of aryl methyl sites for hydroxylation is 1. The summed E-state index contributed by atoms with van der Waals surface area (Å²) >= 11 is 0. The second-order valence-electron chi connectivity index (χ2n) is 10.2. The lowest BCUT2D eigenvalue weighted by Crippen LogP contribution is -2.46. The molecule has 2 aliphatic heterocycles. The van der Waals surface area contributed by atoms with Crippen LogP contribution in [0.25, 0.3) is 0 Å². The molecule has 6 rings (SSSR count). The van der Waals surface area contributed by atoms with Crippen LogP contribution in [0.1, 0.15) is 74.2 Å². The Morgan fingerprint density at radius 1 is 1.09 bits per heavy atom. The summed E-state index contributed by atoms with van der Waals surface area (Å²) < 4.78 is 27.4. The fourth-order valence-electron chi connectivity index (χ4n) is 6.02. The van der Waals surface area contributed by atoms with E-state index >= 15 is 0 Å². The van der Waals surface area contributed by atoms with Gasteiger partial charge in [-0.2, -0.15) is 10.1 Å². The topological polar surface area (TPSA) is 90.0 Å². The van der Waals surface area contributed by atoms with Gasteiger partial charge in [0.05, 0.1) is 12.2 Å². The summed E-state index contributed by atoms with van der Waals surface area (Å²) in [5.41, 5.74) is 3.28. The summed E-state index contributed by atoms with van der Waals surface area (Å²) in [4.78, 5) is 26.0. The molecule has 1 amide bonds. The minimum absolute atomic E-state index is 0.108. The van der Waals surface area contributed by atoms with E-state index in [1.54, 1.807) is 0 Å². The van der Waals surface area contributed by atoms with Gasteiger partial charge in [-0.15, -0.1) is 0 Å². The summed E-state index contributed by atoms with van der Waals surface area (Å²) in [5, 5.41) is 11.1. The Morgan fingerprint density at radius 3 is 2.74 bits per heavy atom. The number of alkyl halides is 2. The van der Waals surface area contributed by atoms with Gasteiger partial charge in [0.1, 0.15) is 11.9 Å². The molecule has 3 fully saturated rings. The Hall–Kier alpha value is -2.78. The lowest BCUT2D eigenvalue weighted by Gasteiger charge is -2.28. The Bertz CT molecular complexity index is 1080. The fraction of sp³-hybridized carbons (Fsp3) is 0.667. The van der Waals surface area contributed by atoms with Crippen LogP contribution in [0.4, 0.5) is 26.4 Å². The quantitative estimate of drug-likeness (QED) is 0.687. The van der Waals surface area contributed by atoms with Crippen molar-refractivity contribution in [1.29, 1.82) is 0 Å². The zero-order chi connectivity index (χ0) is 23.3. The Morgan fingerprint density at radius 2 is 1.94 bits per heavy atom. The summed E-state index contributed by atoms with van der Waals surface area (Å²) in [6, 6.07) is 1.59. The van der Waals surface area contributed by atoms with Gasteiger partial charge < -0.3 is 15.1 Å². The van der Waals surface area contributed by atoms with Crippen LogP contribution in [0.2, 0.25) is 0 Å². The number of likely N-dealkylation sites (tertiary alicyclic amines) is 1. The number of anilines is 3. The highest BCUT2D eigenvalue weighted by Crippen LogP contribution is 2.36. The van der Waals surface area contributed by atoms with Gasteiger partial charge >= 0.3 is 0 Å². The number of halogens is 2. The number of H-pyrrole nitrogens is 1. The van der Waals surface area contributed by atoms with Crippen molar-refractivity contribution in [3.05, 3.63) is 23.0 Å². The molecule has 1 atom stereocenters. The number of hydrogen-bond acceptors (Lipinski definition) is 6. The monoisotopic (exact) mass is 471 g/mol. The van der Waals surface area contributed by atoms with Crippen molar-refractivity contribution in [2.24, 2.45) is 0 Å². The number of nitrogens with one attached hydrogen (secondary N) is 2. The number of rotatable bonds is 5.